The van der Waals surface area contributed by atoms with Crippen LogP contribution in [-0.4, -0.2) is 62.0 Å². The lowest BCUT2D eigenvalue weighted by molar-refractivity contribution is -0.152. The van der Waals surface area contributed by atoms with Crippen LogP contribution in [0, 0.1) is 11.8 Å². The summed E-state index contributed by atoms with van der Waals surface area (Å²) in [5.41, 5.74) is 0. The van der Waals surface area contributed by atoms with Crippen LogP contribution < -0.4 is 0 Å². The first-order valence-corrected chi connectivity index (χ1v) is 17.1. The second-order valence-corrected chi connectivity index (χ2v) is 11.7. The van der Waals surface area contributed by atoms with E-state index in [2.05, 4.69) is 20.8 Å². The molecule has 252 valence electrons. The number of hydrogen-bond donors (Lipinski definition) is 1. The fourth-order valence-corrected chi connectivity index (χ4v) is 4.48. The molecule has 0 aromatic carbocycles. The zero-order chi connectivity index (χ0) is 32.0. The molecule has 0 saturated carbocycles. The number of rotatable bonds is 30. The van der Waals surface area contributed by atoms with Crippen LogP contribution in [-0.2, 0) is 38.1 Å². The van der Waals surface area contributed by atoms with Crippen LogP contribution in [0.4, 0.5) is 0 Å². The van der Waals surface area contributed by atoms with Crippen LogP contribution in [0.2, 0.25) is 0 Å². The van der Waals surface area contributed by atoms with Gasteiger partial charge in [0.2, 0.25) is 0 Å². The van der Waals surface area contributed by atoms with Crippen LogP contribution in [0.3, 0.4) is 0 Å². The molecule has 9 heteroatoms. The molecule has 1 N–H and O–H groups in total. The second-order valence-electron chi connectivity index (χ2n) is 11.7. The third kappa shape index (κ3) is 27.1. The summed E-state index contributed by atoms with van der Waals surface area (Å²) in [6, 6.07) is 0. The standard InChI is InChI=1S/C34H62O9/c1-4-7-10-13-16-21-31(36)40-25-29(26-41-32(37)22-17-14-11-8-5-2)19-18-23-34(39)43-28-30(24-35)27-42-33(38)20-15-12-9-6-3/h29-30,35H,4-28H2,1-3H3. The van der Waals surface area contributed by atoms with Gasteiger partial charge in [-0.2, -0.15) is 0 Å². The average molecular weight is 615 g/mol. The smallest absolute Gasteiger partial charge is 0.305 e. The quantitative estimate of drug-likeness (QED) is 0.0506. The predicted octanol–water partition coefficient (Wildman–Crippen LogP) is 7.25. The molecule has 0 aliphatic rings. The maximum Gasteiger partial charge on any atom is 0.305 e. The summed E-state index contributed by atoms with van der Waals surface area (Å²) in [4.78, 5) is 48.6. The van der Waals surface area contributed by atoms with Crippen LogP contribution in [0.5, 0.6) is 0 Å². The highest BCUT2D eigenvalue weighted by atomic mass is 16.6. The van der Waals surface area contributed by atoms with E-state index in [0.717, 1.165) is 89.9 Å². The molecule has 0 saturated heterocycles. The molecule has 0 radical (unpaired) electrons. The molecule has 43 heavy (non-hydrogen) atoms. The second kappa shape index (κ2) is 29.9. The zero-order valence-electron chi connectivity index (χ0n) is 27.5. The Labute approximate surface area is 261 Å². The first-order chi connectivity index (χ1) is 20.9. The molecule has 0 heterocycles. The molecular formula is C34H62O9. The minimum absolute atomic E-state index is 0.00636. The summed E-state index contributed by atoms with van der Waals surface area (Å²) >= 11 is 0. The van der Waals surface area contributed by atoms with Crippen molar-refractivity contribution in [1.82, 2.24) is 0 Å². The van der Waals surface area contributed by atoms with Crippen LogP contribution in [0.25, 0.3) is 0 Å². The Kier molecular flexibility index (Phi) is 28.4. The van der Waals surface area contributed by atoms with Crippen LogP contribution in [0.15, 0.2) is 0 Å². The van der Waals surface area contributed by atoms with E-state index in [1.165, 1.54) is 0 Å². The van der Waals surface area contributed by atoms with Crippen molar-refractivity contribution < 1.29 is 43.2 Å². The molecule has 0 bridgehead atoms. The van der Waals surface area contributed by atoms with Gasteiger partial charge in [-0.15, -0.1) is 0 Å². The van der Waals surface area contributed by atoms with Crippen LogP contribution in [0.1, 0.15) is 149 Å². The number of aliphatic hydroxyl groups is 1. The summed E-state index contributed by atoms with van der Waals surface area (Å²) in [6.07, 6.45) is 16.6. The average Bonchev–Trinajstić information content (AvgIpc) is 3.00. The maximum atomic E-state index is 12.3. The number of aliphatic hydroxyl groups excluding tert-OH is 1. The van der Waals surface area contributed by atoms with E-state index in [1.54, 1.807) is 0 Å². The summed E-state index contributed by atoms with van der Waals surface area (Å²) in [7, 11) is 0. The van der Waals surface area contributed by atoms with Gasteiger partial charge in [0.05, 0.1) is 39.0 Å². The van der Waals surface area contributed by atoms with Gasteiger partial charge in [0.25, 0.3) is 0 Å². The lowest BCUT2D eigenvalue weighted by atomic mass is 10.0. The van der Waals surface area contributed by atoms with Gasteiger partial charge in [-0.1, -0.05) is 91.4 Å². The van der Waals surface area contributed by atoms with Gasteiger partial charge in [0.1, 0.15) is 0 Å². The molecule has 0 aromatic rings. The van der Waals surface area contributed by atoms with Crippen molar-refractivity contribution in [2.75, 3.05) is 33.0 Å². The summed E-state index contributed by atoms with van der Waals surface area (Å²) in [5.74, 6) is -1.90. The fraction of sp³-hybridized carbons (Fsp3) is 0.882. The van der Waals surface area contributed by atoms with Gasteiger partial charge >= 0.3 is 23.9 Å². The van der Waals surface area contributed by atoms with E-state index in [9.17, 15) is 24.3 Å². The van der Waals surface area contributed by atoms with E-state index < -0.39 is 11.9 Å². The fourth-order valence-electron chi connectivity index (χ4n) is 4.48. The highest BCUT2D eigenvalue weighted by Crippen LogP contribution is 2.14. The molecule has 9 nitrogen and oxygen atoms in total. The van der Waals surface area contributed by atoms with Gasteiger partial charge in [0, 0.05) is 31.6 Å². The monoisotopic (exact) mass is 614 g/mol. The van der Waals surface area contributed by atoms with Crippen molar-refractivity contribution in [3.05, 3.63) is 0 Å². The van der Waals surface area contributed by atoms with Gasteiger partial charge in [-0.3, -0.25) is 19.2 Å². The number of carbonyl (C=O) groups is 4. The van der Waals surface area contributed by atoms with Gasteiger partial charge in [-0.25, -0.2) is 0 Å². The number of hydrogen-bond acceptors (Lipinski definition) is 9. The maximum absolute atomic E-state index is 12.3. The van der Waals surface area contributed by atoms with Crippen molar-refractivity contribution in [3.8, 4) is 0 Å². The number of esters is 4. The van der Waals surface area contributed by atoms with Gasteiger partial charge in [-0.05, 0) is 32.1 Å². The molecule has 0 aliphatic heterocycles. The van der Waals surface area contributed by atoms with Crippen molar-refractivity contribution in [2.45, 2.75) is 149 Å². The Balaban J connectivity index is 4.51. The number of unbranched alkanes of at least 4 members (excludes halogenated alkanes) is 11. The molecule has 0 spiro atoms. The Hall–Kier alpha value is -2.16. The minimum Gasteiger partial charge on any atom is -0.465 e. The zero-order valence-corrected chi connectivity index (χ0v) is 27.5. The summed E-state index contributed by atoms with van der Waals surface area (Å²) < 4.78 is 21.5. The lowest BCUT2D eigenvalue weighted by Gasteiger charge is -2.18. The third-order valence-electron chi connectivity index (χ3n) is 7.37. The molecule has 0 aromatic heterocycles. The SMILES string of the molecule is CCCCCCCC(=O)OCC(CCCC(=O)OCC(CO)COC(=O)CCCCCC)COC(=O)CCCCCCC. The van der Waals surface area contributed by atoms with Crippen molar-refractivity contribution in [2.24, 2.45) is 11.8 Å². The molecule has 0 amide bonds. The van der Waals surface area contributed by atoms with E-state index in [0.29, 0.717) is 32.1 Å². The molecule has 0 fully saturated rings. The number of carbonyl (C=O) groups excluding carboxylic acids is 4. The predicted molar refractivity (Wildman–Crippen MR) is 167 cm³/mol. The summed E-state index contributed by atoms with van der Waals surface area (Å²) in [5, 5.41) is 9.57. The Morgan fingerprint density at radius 2 is 0.744 bits per heavy atom. The van der Waals surface area contributed by atoms with Crippen molar-refractivity contribution in [1.29, 1.82) is 0 Å². The highest BCUT2D eigenvalue weighted by molar-refractivity contribution is 5.70. The largest absolute Gasteiger partial charge is 0.465 e. The molecule has 0 rings (SSSR count). The van der Waals surface area contributed by atoms with E-state index in [4.69, 9.17) is 18.9 Å². The van der Waals surface area contributed by atoms with Crippen LogP contribution >= 0.6 is 0 Å². The normalized spacial score (nSPS) is 11.7. The number of ether oxygens (including phenoxy) is 4. The van der Waals surface area contributed by atoms with Gasteiger partial charge < -0.3 is 24.1 Å². The topological polar surface area (TPSA) is 125 Å². The Morgan fingerprint density at radius 3 is 1.09 bits per heavy atom. The first kappa shape index (κ1) is 40.8. The van der Waals surface area contributed by atoms with Crippen molar-refractivity contribution >= 4 is 23.9 Å². The molecular weight excluding hydrogens is 552 g/mol. The molecule has 1 unspecified atom stereocenters. The third-order valence-corrected chi connectivity index (χ3v) is 7.37. The lowest BCUT2D eigenvalue weighted by Crippen LogP contribution is -2.24. The van der Waals surface area contributed by atoms with Crippen molar-refractivity contribution in [3.63, 3.8) is 0 Å². The molecule has 0 aliphatic carbocycles. The highest BCUT2D eigenvalue weighted by Gasteiger charge is 2.18. The summed E-state index contributed by atoms with van der Waals surface area (Å²) in [6.45, 7) is 6.40. The Morgan fingerprint density at radius 1 is 0.442 bits per heavy atom. The minimum atomic E-state index is -0.473. The van der Waals surface area contributed by atoms with E-state index in [1.807, 2.05) is 0 Å². The van der Waals surface area contributed by atoms with Gasteiger partial charge in [0.15, 0.2) is 0 Å². The Bertz CT molecular complexity index is 680. The molecule has 1 atom stereocenters. The van der Waals surface area contributed by atoms with E-state index in [-0.39, 0.29) is 63.3 Å². The van der Waals surface area contributed by atoms with E-state index >= 15 is 0 Å². The first-order valence-electron chi connectivity index (χ1n) is 17.1.